The molecule has 3 N–H and O–H groups in total. The molecule has 3 atom stereocenters. The van der Waals surface area contributed by atoms with Crippen LogP contribution in [0, 0.1) is 11.8 Å². The van der Waals surface area contributed by atoms with Crippen LogP contribution >= 0.6 is 0 Å². The van der Waals surface area contributed by atoms with Crippen LogP contribution in [0.1, 0.15) is 69.7 Å². The molecule has 0 saturated heterocycles. The number of carbonyl (C=O) groups is 4. The molecule has 0 spiro atoms. The van der Waals surface area contributed by atoms with Crippen LogP contribution in [-0.2, 0) is 14.4 Å². The minimum absolute atomic E-state index is 0.0593. The summed E-state index contributed by atoms with van der Waals surface area (Å²) >= 11 is 0. The van der Waals surface area contributed by atoms with Crippen LogP contribution in [-0.4, -0.2) is 42.1 Å². The predicted molar refractivity (Wildman–Crippen MR) is 145 cm³/mol. The summed E-state index contributed by atoms with van der Waals surface area (Å²) < 4.78 is 0. The highest BCUT2D eigenvalue weighted by Gasteiger charge is 2.29. The maximum Gasteiger partial charge on any atom is 0.251 e. The summed E-state index contributed by atoms with van der Waals surface area (Å²) in [4.78, 5) is 50.2. The van der Waals surface area contributed by atoms with E-state index >= 15 is 0 Å². The second-order valence-electron chi connectivity index (χ2n) is 10.4. The van der Waals surface area contributed by atoms with Crippen LogP contribution in [0.25, 0.3) is 11.1 Å². The molecule has 0 aliphatic heterocycles. The van der Waals surface area contributed by atoms with E-state index in [2.05, 4.69) is 16.0 Å². The van der Waals surface area contributed by atoms with Crippen LogP contribution < -0.4 is 16.0 Å². The number of nitrogens with one attached hydrogen (secondary N) is 3. The van der Waals surface area contributed by atoms with Gasteiger partial charge in [-0.3, -0.25) is 14.4 Å². The maximum absolute atomic E-state index is 13.3. The van der Waals surface area contributed by atoms with E-state index in [1.165, 1.54) is 6.42 Å². The van der Waals surface area contributed by atoms with E-state index in [-0.39, 0.29) is 11.8 Å². The first kappa shape index (κ1) is 28.1. The van der Waals surface area contributed by atoms with Gasteiger partial charge in [0.05, 0.1) is 6.04 Å². The first-order chi connectivity index (χ1) is 17.8. The van der Waals surface area contributed by atoms with E-state index in [1.54, 1.807) is 19.1 Å². The van der Waals surface area contributed by atoms with E-state index in [0.717, 1.165) is 36.8 Å². The average Bonchev–Trinajstić information content (AvgIpc) is 2.92. The SMILES string of the molecule is CC(NC(=O)C(CC1CCCCC1)NC(=O)c1ccc(-c2ccccc2)cc1)C(=O)NC(C=O)C(C)C. The zero-order valence-corrected chi connectivity index (χ0v) is 22.0. The zero-order valence-electron chi connectivity index (χ0n) is 22.0. The molecule has 2 aromatic rings. The Kier molecular flexibility index (Phi) is 10.4. The Morgan fingerprint density at radius 1 is 0.811 bits per heavy atom. The summed E-state index contributed by atoms with van der Waals surface area (Å²) in [5.74, 6) is -0.868. The first-order valence-electron chi connectivity index (χ1n) is 13.3. The van der Waals surface area contributed by atoms with Gasteiger partial charge in [-0.05, 0) is 48.4 Å². The molecular weight excluding hydrogens is 466 g/mol. The summed E-state index contributed by atoms with van der Waals surface area (Å²) in [5, 5.41) is 8.33. The van der Waals surface area contributed by atoms with Crippen molar-refractivity contribution in [2.45, 2.75) is 77.4 Å². The monoisotopic (exact) mass is 505 g/mol. The summed E-state index contributed by atoms with van der Waals surface area (Å²) in [7, 11) is 0. The van der Waals surface area contributed by atoms with Crippen LogP contribution in [0.5, 0.6) is 0 Å². The van der Waals surface area contributed by atoms with Crippen LogP contribution in [0.3, 0.4) is 0 Å². The first-order valence-corrected chi connectivity index (χ1v) is 13.3. The highest BCUT2D eigenvalue weighted by Crippen LogP contribution is 2.27. The van der Waals surface area contributed by atoms with E-state index in [1.807, 2.05) is 56.3 Å². The molecule has 37 heavy (non-hydrogen) atoms. The van der Waals surface area contributed by atoms with Gasteiger partial charge in [-0.2, -0.15) is 0 Å². The van der Waals surface area contributed by atoms with Crippen LogP contribution in [0.2, 0.25) is 0 Å². The number of hydrogen-bond acceptors (Lipinski definition) is 4. The Balaban J connectivity index is 1.68. The van der Waals surface area contributed by atoms with Crippen molar-refractivity contribution in [3.63, 3.8) is 0 Å². The number of aldehydes is 1. The highest BCUT2D eigenvalue weighted by atomic mass is 16.2. The Morgan fingerprint density at radius 2 is 1.43 bits per heavy atom. The lowest BCUT2D eigenvalue weighted by Gasteiger charge is -2.28. The van der Waals surface area contributed by atoms with Crippen LogP contribution in [0.4, 0.5) is 0 Å². The molecule has 0 aromatic heterocycles. The largest absolute Gasteiger partial charge is 0.345 e. The van der Waals surface area contributed by atoms with Gasteiger partial charge in [-0.15, -0.1) is 0 Å². The van der Waals surface area contributed by atoms with Crippen molar-refractivity contribution in [1.82, 2.24) is 16.0 Å². The third-order valence-electron chi connectivity index (χ3n) is 7.10. The minimum Gasteiger partial charge on any atom is -0.345 e. The fourth-order valence-electron chi connectivity index (χ4n) is 4.70. The second kappa shape index (κ2) is 13.7. The lowest BCUT2D eigenvalue weighted by atomic mass is 9.84. The summed E-state index contributed by atoms with van der Waals surface area (Å²) in [6, 6.07) is 15.0. The molecule has 2 aromatic carbocycles. The quantitative estimate of drug-likeness (QED) is 0.397. The molecule has 7 nitrogen and oxygen atoms in total. The molecule has 1 fully saturated rings. The molecular formula is C30H39N3O4. The molecule has 3 amide bonds. The molecule has 3 unspecified atom stereocenters. The molecule has 3 rings (SSSR count). The van der Waals surface area contributed by atoms with Crippen molar-refractivity contribution in [2.24, 2.45) is 11.8 Å². The molecule has 0 heterocycles. The Hall–Kier alpha value is -3.48. The molecule has 0 radical (unpaired) electrons. The van der Waals surface area contributed by atoms with Gasteiger partial charge in [0, 0.05) is 5.56 Å². The second-order valence-corrected chi connectivity index (χ2v) is 10.4. The average molecular weight is 506 g/mol. The summed E-state index contributed by atoms with van der Waals surface area (Å²) in [5.41, 5.74) is 2.53. The molecule has 0 bridgehead atoms. The van der Waals surface area contributed by atoms with Crippen molar-refractivity contribution in [3.05, 3.63) is 60.2 Å². The third kappa shape index (κ3) is 8.27. The fourth-order valence-corrected chi connectivity index (χ4v) is 4.70. The van der Waals surface area contributed by atoms with Gasteiger partial charge in [-0.25, -0.2) is 0 Å². The minimum atomic E-state index is -0.843. The van der Waals surface area contributed by atoms with Crippen molar-refractivity contribution in [3.8, 4) is 11.1 Å². The van der Waals surface area contributed by atoms with E-state index in [0.29, 0.717) is 24.2 Å². The molecule has 198 valence electrons. The van der Waals surface area contributed by atoms with Gasteiger partial charge in [0.15, 0.2) is 0 Å². The lowest BCUT2D eigenvalue weighted by Crippen LogP contribution is -2.55. The fraction of sp³-hybridized carbons (Fsp3) is 0.467. The third-order valence-corrected chi connectivity index (χ3v) is 7.10. The number of hydrogen-bond donors (Lipinski definition) is 3. The summed E-state index contributed by atoms with van der Waals surface area (Å²) in [6.45, 7) is 5.26. The highest BCUT2D eigenvalue weighted by molar-refractivity contribution is 5.98. The van der Waals surface area contributed by atoms with E-state index in [9.17, 15) is 19.2 Å². The van der Waals surface area contributed by atoms with Gasteiger partial charge >= 0.3 is 0 Å². The maximum atomic E-state index is 13.3. The van der Waals surface area contributed by atoms with Gasteiger partial charge in [-0.1, -0.05) is 88.4 Å². The molecule has 1 aliphatic rings. The van der Waals surface area contributed by atoms with Crippen molar-refractivity contribution < 1.29 is 19.2 Å². The van der Waals surface area contributed by atoms with Gasteiger partial charge in [0.1, 0.15) is 18.4 Å². The number of rotatable bonds is 11. The Morgan fingerprint density at radius 3 is 2.03 bits per heavy atom. The van der Waals surface area contributed by atoms with Crippen LogP contribution in [0.15, 0.2) is 54.6 Å². The van der Waals surface area contributed by atoms with Crippen molar-refractivity contribution in [1.29, 1.82) is 0 Å². The standard InChI is InChI=1S/C30H39N3O4/c1-20(2)27(19-34)33-28(35)21(3)31-30(37)26(18-22-10-6-4-7-11-22)32-29(36)25-16-14-24(15-17-25)23-12-8-5-9-13-23/h5,8-9,12-17,19-22,26-27H,4,6-7,10-11,18H2,1-3H3,(H,31,37)(H,32,36)(H,33,35). The number of carbonyl (C=O) groups excluding carboxylic acids is 4. The molecule has 7 heteroatoms. The Bertz CT molecular complexity index is 1050. The summed E-state index contributed by atoms with van der Waals surface area (Å²) in [6.07, 6.45) is 6.71. The number of amides is 3. The van der Waals surface area contributed by atoms with Crippen molar-refractivity contribution >= 4 is 24.0 Å². The molecule has 1 saturated carbocycles. The normalized spacial score (nSPS) is 16.3. The topological polar surface area (TPSA) is 104 Å². The van der Waals surface area contributed by atoms with E-state index in [4.69, 9.17) is 0 Å². The smallest absolute Gasteiger partial charge is 0.251 e. The molecule has 1 aliphatic carbocycles. The van der Waals surface area contributed by atoms with E-state index < -0.39 is 29.9 Å². The zero-order chi connectivity index (χ0) is 26.8. The lowest BCUT2D eigenvalue weighted by molar-refractivity contribution is -0.131. The van der Waals surface area contributed by atoms with Crippen molar-refractivity contribution in [2.75, 3.05) is 0 Å². The van der Waals surface area contributed by atoms with Gasteiger partial charge in [0.25, 0.3) is 5.91 Å². The van der Waals surface area contributed by atoms with Gasteiger partial charge in [0.2, 0.25) is 11.8 Å². The Labute approximate surface area is 219 Å². The van der Waals surface area contributed by atoms with Gasteiger partial charge < -0.3 is 20.7 Å². The number of benzene rings is 2. The predicted octanol–water partition coefficient (Wildman–Crippen LogP) is 4.27.